The Labute approximate surface area is 161 Å². The van der Waals surface area contributed by atoms with Gasteiger partial charge in [0.25, 0.3) is 0 Å². The minimum atomic E-state index is 0.0430. The lowest BCUT2D eigenvalue weighted by atomic mass is 9.80. The third-order valence-corrected chi connectivity index (χ3v) is 7.27. The van der Waals surface area contributed by atoms with Crippen molar-refractivity contribution in [2.75, 3.05) is 18.5 Å². The van der Waals surface area contributed by atoms with E-state index in [9.17, 15) is 9.90 Å². The SMILES string of the molecule is O=C(C1CCC1)N1CC[C@@H]2[C@H](CO)Nc3ccc(C4=CCCCC4)cc3[C@@H]21. The number of rotatable bonds is 3. The van der Waals surface area contributed by atoms with Crippen LogP contribution in [0, 0.1) is 11.8 Å². The van der Waals surface area contributed by atoms with E-state index in [1.54, 1.807) is 0 Å². The quantitative estimate of drug-likeness (QED) is 0.846. The number of aliphatic hydroxyl groups excluding tert-OH is 1. The summed E-state index contributed by atoms with van der Waals surface area (Å²) in [5, 5.41) is 13.5. The predicted molar refractivity (Wildman–Crippen MR) is 107 cm³/mol. The second-order valence-electron chi connectivity index (χ2n) is 8.77. The van der Waals surface area contributed by atoms with Gasteiger partial charge < -0.3 is 15.3 Å². The number of carbonyl (C=O) groups is 1. The number of amides is 1. The molecule has 0 aromatic heterocycles. The predicted octanol–water partition coefficient (Wildman–Crippen LogP) is 4.12. The molecule has 3 atom stereocenters. The molecule has 1 saturated heterocycles. The monoisotopic (exact) mass is 366 g/mol. The van der Waals surface area contributed by atoms with Gasteiger partial charge in [-0.2, -0.15) is 0 Å². The van der Waals surface area contributed by atoms with Gasteiger partial charge in [-0.05, 0) is 73.8 Å². The number of fused-ring (bicyclic) bond motifs is 3. The first-order chi connectivity index (χ1) is 13.3. The van der Waals surface area contributed by atoms with Crippen LogP contribution in [0.1, 0.15) is 68.5 Å². The zero-order chi connectivity index (χ0) is 18.4. The van der Waals surface area contributed by atoms with Crippen LogP contribution in [0.2, 0.25) is 0 Å². The minimum absolute atomic E-state index is 0.0430. The molecule has 0 bridgehead atoms. The Morgan fingerprint density at radius 3 is 2.78 bits per heavy atom. The van der Waals surface area contributed by atoms with E-state index in [1.165, 1.54) is 42.4 Å². The molecule has 1 saturated carbocycles. The highest BCUT2D eigenvalue weighted by Gasteiger charge is 2.47. The van der Waals surface area contributed by atoms with Crippen molar-refractivity contribution in [3.05, 3.63) is 35.4 Å². The molecule has 2 aliphatic heterocycles. The Morgan fingerprint density at radius 1 is 1.19 bits per heavy atom. The zero-order valence-corrected chi connectivity index (χ0v) is 16.0. The molecule has 5 rings (SSSR count). The molecule has 4 aliphatic rings. The van der Waals surface area contributed by atoms with E-state index in [4.69, 9.17) is 0 Å². The summed E-state index contributed by atoms with van der Waals surface area (Å²) in [5.74, 6) is 0.890. The van der Waals surface area contributed by atoms with E-state index in [-0.39, 0.29) is 24.6 Å². The van der Waals surface area contributed by atoms with E-state index in [2.05, 4.69) is 34.5 Å². The second-order valence-corrected chi connectivity index (χ2v) is 8.77. The van der Waals surface area contributed by atoms with E-state index in [0.29, 0.717) is 11.8 Å². The first kappa shape index (κ1) is 17.3. The van der Waals surface area contributed by atoms with Gasteiger partial charge in [0, 0.05) is 24.1 Å². The number of allylic oxidation sites excluding steroid dienone is 2. The van der Waals surface area contributed by atoms with Gasteiger partial charge in [-0.15, -0.1) is 0 Å². The third kappa shape index (κ3) is 2.89. The van der Waals surface area contributed by atoms with Crippen molar-refractivity contribution in [1.82, 2.24) is 4.90 Å². The van der Waals surface area contributed by atoms with Crippen LogP contribution in [0.25, 0.3) is 5.57 Å². The number of benzene rings is 1. The summed E-state index contributed by atoms with van der Waals surface area (Å²) in [7, 11) is 0. The van der Waals surface area contributed by atoms with Crippen molar-refractivity contribution < 1.29 is 9.90 Å². The number of hydrogen-bond donors (Lipinski definition) is 2. The van der Waals surface area contributed by atoms with Gasteiger partial charge in [0.15, 0.2) is 0 Å². The lowest BCUT2D eigenvalue weighted by Gasteiger charge is -2.41. The molecule has 1 aromatic carbocycles. The number of likely N-dealkylation sites (tertiary alicyclic amines) is 1. The summed E-state index contributed by atoms with van der Waals surface area (Å²) >= 11 is 0. The van der Waals surface area contributed by atoms with E-state index in [0.717, 1.165) is 37.9 Å². The fourth-order valence-electron chi connectivity index (χ4n) is 5.50. The van der Waals surface area contributed by atoms with Crippen molar-refractivity contribution in [1.29, 1.82) is 0 Å². The number of hydrogen-bond acceptors (Lipinski definition) is 3. The smallest absolute Gasteiger partial charge is 0.226 e. The molecule has 0 spiro atoms. The zero-order valence-electron chi connectivity index (χ0n) is 16.0. The van der Waals surface area contributed by atoms with Gasteiger partial charge in [0.05, 0.1) is 18.7 Å². The van der Waals surface area contributed by atoms with E-state index < -0.39 is 0 Å². The fraction of sp³-hybridized carbons (Fsp3) is 0.609. The highest BCUT2D eigenvalue weighted by Crippen LogP contribution is 2.48. The van der Waals surface area contributed by atoms with Crippen molar-refractivity contribution >= 4 is 17.2 Å². The van der Waals surface area contributed by atoms with Crippen molar-refractivity contribution in [3.63, 3.8) is 0 Å². The van der Waals surface area contributed by atoms with E-state index >= 15 is 0 Å². The summed E-state index contributed by atoms with van der Waals surface area (Å²) in [6, 6.07) is 6.88. The normalized spacial score (nSPS) is 30.0. The molecule has 4 heteroatoms. The number of nitrogens with zero attached hydrogens (tertiary/aromatic N) is 1. The summed E-state index contributed by atoms with van der Waals surface area (Å²) in [6.07, 6.45) is 11.6. The van der Waals surface area contributed by atoms with Gasteiger partial charge in [-0.1, -0.05) is 18.6 Å². The van der Waals surface area contributed by atoms with Crippen LogP contribution in [0.15, 0.2) is 24.3 Å². The number of aliphatic hydroxyl groups is 1. The minimum Gasteiger partial charge on any atom is -0.394 e. The molecule has 1 aromatic rings. The Morgan fingerprint density at radius 2 is 2.07 bits per heavy atom. The highest BCUT2D eigenvalue weighted by molar-refractivity contribution is 5.81. The molecule has 2 fully saturated rings. The van der Waals surface area contributed by atoms with Crippen LogP contribution >= 0.6 is 0 Å². The topological polar surface area (TPSA) is 52.6 Å². The molecule has 144 valence electrons. The van der Waals surface area contributed by atoms with Crippen molar-refractivity contribution in [3.8, 4) is 0 Å². The first-order valence-electron chi connectivity index (χ1n) is 10.8. The molecule has 2 aliphatic carbocycles. The molecular formula is C23H30N2O2. The molecule has 27 heavy (non-hydrogen) atoms. The standard InChI is InChI=1S/C23H30N2O2/c26-14-21-18-11-12-25(23(27)16-7-4-8-16)22(18)19-13-17(9-10-20(19)24-21)15-5-2-1-3-6-15/h5,9-10,13,16,18,21-22,24,26H,1-4,6-8,11-12,14H2/t18-,21+,22-/m1/s1. The fourth-order valence-corrected chi connectivity index (χ4v) is 5.50. The van der Waals surface area contributed by atoms with Gasteiger partial charge in [0.2, 0.25) is 5.91 Å². The number of nitrogens with one attached hydrogen (secondary N) is 1. The molecule has 0 unspecified atom stereocenters. The maximum absolute atomic E-state index is 13.1. The van der Waals surface area contributed by atoms with Crippen LogP contribution in [-0.4, -0.2) is 35.1 Å². The summed E-state index contributed by atoms with van der Waals surface area (Å²) in [5.41, 5.74) is 5.14. The number of anilines is 1. The maximum atomic E-state index is 13.1. The average molecular weight is 367 g/mol. The Balaban J connectivity index is 1.53. The third-order valence-electron chi connectivity index (χ3n) is 7.27. The van der Waals surface area contributed by atoms with Crippen molar-refractivity contribution in [2.24, 2.45) is 11.8 Å². The van der Waals surface area contributed by atoms with Gasteiger partial charge in [0.1, 0.15) is 0 Å². The maximum Gasteiger partial charge on any atom is 0.226 e. The van der Waals surface area contributed by atoms with Crippen LogP contribution in [0.3, 0.4) is 0 Å². The first-order valence-corrected chi connectivity index (χ1v) is 10.8. The van der Waals surface area contributed by atoms with Gasteiger partial charge in [-0.25, -0.2) is 0 Å². The van der Waals surface area contributed by atoms with Crippen LogP contribution in [-0.2, 0) is 4.79 Å². The molecule has 4 nitrogen and oxygen atoms in total. The number of carbonyl (C=O) groups excluding carboxylic acids is 1. The summed E-state index contributed by atoms with van der Waals surface area (Å²) < 4.78 is 0. The summed E-state index contributed by atoms with van der Waals surface area (Å²) in [4.78, 5) is 15.3. The lowest BCUT2D eigenvalue weighted by molar-refractivity contribution is -0.139. The Bertz CT molecular complexity index is 768. The van der Waals surface area contributed by atoms with Crippen molar-refractivity contribution in [2.45, 2.75) is 63.5 Å². The van der Waals surface area contributed by atoms with Crippen LogP contribution < -0.4 is 5.32 Å². The molecule has 0 radical (unpaired) electrons. The second kappa shape index (κ2) is 6.97. The van der Waals surface area contributed by atoms with E-state index in [1.807, 2.05) is 0 Å². The highest BCUT2D eigenvalue weighted by atomic mass is 16.3. The van der Waals surface area contributed by atoms with Crippen LogP contribution in [0.5, 0.6) is 0 Å². The Kier molecular flexibility index (Phi) is 4.47. The van der Waals surface area contributed by atoms with Gasteiger partial charge in [-0.3, -0.25) is 4.79 Å². The summed E-state index contributed by atoms with van der Waals surface area (Å²) in [6.45, 7) is 0.953. The Hall–Kier alpha value is -1.81. The van der Waals surface area contributed by atoms with Gasteiger partial charge >= 0.3 is 0 Å². The average Bonchev–Trinajstić information content (AvgIpc) is 3.12. The molecule has 2 heterocycles. The molecular weight excluding hydrogens is 336 g/mol. The van der Waals surface area contributed by atoms with Crippen LogP contribution in [0.4, 0.5) is 5.69 Å². The molecule has 2 N–H and O–H groups in total. The largest absolute Gasteiger partial charge is 0.394 e. The lowest BCUT2D eigenvalue weighted by Crippen LogP contribution is -2.45. The molecule has 1 amide bonds.